The molecule has 0 atom stereocenters. The van der Waals surface area contributed by atoms with E-state index >= 15 is 0 Å². The second-order valence-corrected chi connectivity index (χ2v) is 4.90. The Hall–Kier alpha value is -1.81. The lowest BCUT2D eigenvalue weighted by Crippen LogP contribution is -2.08. The second kappa shape index (κ2) is 5.05. The van der Waals surface area contributed by atoms with Crippen LogP contribution in [0, 0.1) is 0 Å². The quantitative estimate of drug-likeness (QED) is 0.915. The van der Waals surface area contributed by atoms with Gasteiger partial charge in [0.1, 0.15) is 11.6 Å². The van der Waals surface area contributed by atoms with Crippen molar-refractivity contribution >= 4 is 0 Å². The number of aliphatic hydroxyl groups is 1. The van der Waals surface area contributed by atoms with Crippen LogP contribution in [0.15, 0.2) is 24.4 Å². The number of hydrogen-bond acceptors (Lipinski definition) is 3. The van der Waals surface area contributed by atoms with E-state index < -0.39 is 0 Å². The molecule has 0 fully saturated rings. The molecule has 19 heavy (non-hydrogen) atoms. The van der Waals surface area contributed by atoms with E-state index in [2.05, 4.69) is 17.1 Å². The molecule has 0 saturated carbocycles. The molecule has 2 heterocycles. The minimum Gasteiger partial charge on any atom is -0.493 e. The molecule has 3 rings (SSSR count). The molecule has 1 N–H and O–H groups in total. The van der Waals surface area contributed by atoms with Crippen LogP contribution in [0.1, 0.15) is 17.8 Å². The van der Waals surface area contributed by atoms with E-state index in [1.54, 1.807) is 0 Å². The summed E-state index contributed by atoms with van der Waals surface area (Å²) in [6, 6.07) is 6.25. The van der Waals surface area contributed by atoms with Gasteiger partial charge in [-0.15, -0.1) is 0 Å². The fourth-order valence-electron chi connectivity index (χ4n) is 2.50. The number of rotatable bonds is 3. The number of fused-ring (bicyclic) bond motifs is 1. The Morgan fingerprint density at radius 3 is 3.16 bits per heavy atom. The first-order valence-electron chi connectivity index (χ1n) is 6.67. The van der Waals surface area contributed by atoms with Crippen molar-refractivity contribution in [3.05, 3.63) is 35.8 Å². The molecule has 100 valence electrons. The zero-order valence-corrected chi connectivity index (χ0v) is 11.1. The Balaban J connectivity index is 1.95. The summed E-state index contributed by atoms with van der Waals surface area (Å²) in [5.41, 5.74) is 3.33. The lowest BCUT2D eigenvalue weighted by Gasteiger charge is -2.17. The molecule has 0 saturated heterocycles. The van der Waals surface area contributed by atoms with Gasteiger partial charge in [-0.2, -0.15) is 0 Å². The number of aromatic nitrogens is 2. The molecule has 0 radical (unpaired) electrons. The Bertz CT molecular complexity index is 590. The smallest absolute Gasteiger partial charge is 0.122 e. The molecule has 0 aliphatic carbocycles. The van der Waals surface area contributed by atoms with Crippen molar-refractivity contribution < 1.29 is 9.84 Å². The third-order valence-electron chi connectivity index (χ3n) is 3.51. The second-order valence-electron chi connectivity index (χ2n) is 4.90. The number of aliphatic hydroxyl groups excluding tert-OH is 1. The summed E-state index contributed by atoms with van der Waals surface area (Å²) in [6.45, 7) is 0.943. The van der Waals surface area contributed by atoms with Crippen LogP contribution in [0.2, 0.25) is 0 Å². The van der Waals surface area contributed by atoms with Crippen LogP contribution in [0.25, 0.3) is 11.3 Å². The largest absolute Gasteiger partial charge is 0.493 e. The van der Waals surface area contributed by atoms with Gasteiger partial charge in [-0.05, 0) is 36.6 Å². The lowest BCUT2D eigenvalue weighted by molar-refractivity contribution is 0.288. The first-order valence-corrected chi connectivity index (χ1v) is 6.67. The SMILES string of the molecule is Cn1cc(-c2ccc3c(c2)CCCO3)nc1CCO. The fraction of sp³-hybridized carbons (Fsp3) is 0.400. The normalized spacial score (nSPS) is 14.0. The Morgan fingerprint density at radius 1 is 1.42 bits per heavy atom. The number of hydrogen-bond donors (Lipinski definition) is 1. The monoisotopic (exact) mass is 258 g/mol. The van der Waals surface area contributed by atoms with E-state index in [-0.39, 0.29) is 6.61 Å². The minimum absolute atomic E-state index is 0.127. The Morgan fingerprint density at radius 2 is 2.32 bits per heavy atom. The van der Waals surface area contributed by atoms with E-state index in [1.807, 2.05) is 23.9 Å². The van der Waals surface area contributed by atoms with E-state index in [4.69, 9.17) is 9.84 Å². The molecule has 1 aliphatic rings. The summed E-state index contributed by atoms with van der Waals surface area (Å²) in [5.74, 6) is 1.91. The van der Waals surface area contributed by atoms with Gasteiger partial charge in [0.15, 0.2) is 0 Å². The van der Waals surface area contributed by atoms with Gasteiger partial charge in [-0.1, -0.05) is 0 Å². The zero-order chi connectivity index (χ0) is 13.2. The molecule has 0 unspecified atom stereocenters. The van der Waals surface area contributed by atoms with Crippen molar-refractivity contribution in [3.63, 3.8) is 0 Å². The number of imidazole rings is 1. The molecule has 0 amide bonds. The van der Waals surface area contributed by atoms with Crippen LogP contribution in [0.5, 0.6) is 5.75 Å². The van der Waals surface area contributed by atoms with Gasteiger partial charge in [0.2, 0.25) is 0 Å². The van der Waals surface area contributed by atoms with Crippen LogP contribution in [0.4, 0.5) is 0 Å². The summed E-state index contributed by atoms with van der Waals surface area (Å²) < 4.78 is 7.60. The molecule has 1 aliphatic heterocycles. The van der Waals surface area contributed by atoms with Gasteiger partial charge in [0.25, 0.3) is 0 Å². The zero-order valence-electron chi connectivity index (χ0n) is 11.1. The number of nitrogens with zero attached hydrogens (tertiary/aromatic N) is 2. The topological polar surface area (TPSA) is 47.3 Å². The van der Waals surface area contributed by atoms with Crippen molar-refractivity contribution in [1.29, 1.82) is 0 Å². The van der Waals surface area contributed by atoms with Crippen molar-refractivity contribution in [2.24, 2.45) is 7.05 Å². The van der Waals surface area contributed by atoms with Crippen LogP contribution < -0.4 is 4.74 Å². The van der Waals surface area contributed by atoms with Crippen LogP contribution in [0.3, 0.4) is 0 Å². The maximum Gasteiger partial charge on any atom is 0.122 e. The predicted molar refractivity (Wildman–Crippen MR) is 73.2 cm³/mol. The number of aryl methyl sites for hydroxylation is 2. The molecular formula is C15H18N2O2. The molecule has 0 bridgehead atoms. The number of benzene rings is 1. The Kier molecular flexibility index (Phi) is 3.25. The summed E-state index contributed by atoms with van der Waals surface area (Å²) in [5, 5.41) is 9.01. The molecule has 4 nitrogen and oxygen atoms in total. The van der Waals surface area contributed by atoms with Crippen molar-refractivity contribution in [3.8, 4) is 17.0 Å². The molecule has 4 heteroatoms. The van der Waals surface area contributed by atoms with Crippen molar-refractivity contribution in [2.45, 2.75) is 19.3 Å². The first kappa shape index (κ1) is 12.2. The maximum absolute atomic E-state index is 9.01. The van der Waals surface area contributed by atoms with Crippen molar-refractivity contribution in [2.75, 3.05) is 13.2 Å². The molecule has 1 aromatic heterocycles. The number of ether oxygens (including phenoxy) is 1. The van der Waals surface area contributed by atoms with E-state index in [9.17, 15) is 0 Å². The van der Waals surface area contributed by atoms with E-state index in [0.717, 1.165) is 42.3 Å². The minimum atomic E-state index is 0.127. The molecular weight excluding hydrogens is 240 g/mol. The molecule has 0 spiro atoms. The van der Waals surface area contributed by atoms with Gasteiger partial charge >= 0.3 is 0 Å². The molecule has 1 aromatic carbocycles. The Labute approximate surface area is 112 Å². The first-order chi connectivity index (χ1) is 9.28. The fourth-order valence-corrected chi connectivity index (χ4v) is 2.50. The third-order valence-corrected chi connectivity index (χ3v) is 3.51. The lowest BCUT2D eigenvalue weighted by atomic mass is 10.0. The van der Waals surface area contributed by atoms with Gasteiger partial charge < -0.3 is 14.4 Å². The highest BCUT2D eigenvalue weighted by atomic mass is 16.5. The molecule has 2 aromatic rings. The van der Waals surface area contributed by atoms with Gasteiger partial charge in [-0.25, -0.2) is 4.98 Å². The summed E-state index contributed by atoms with van der Waals surface area (Å²) in [4.78, 5) is 4.58. The van der Waals surface area contributed by atoms with Crippen LogP contribution in [-0.2, 0) is 19.9 Å². The maximum atomic E-state index is 9.01. The van der Waals surface area contributed by atoms with E-state index in [0.29, 0.717) is 6.42 Å². The van der Waals surface area contributed by atoms with Crippen LogP contribution >= 0.6 is 0 Å². The predicted octanol–water partition coefficient (Wildman–Crippen LogP) is 1.95. The van der Waals surface area contributed by atoms with Gasteiger partial charge in [-0.3, -0.25) is 0 Å². The standard InChI is InChI=1S/C15H18N2O2/c1-17-10-13(16-15(17)6-7-18)11-4-5-14-12(9-11)3-2-8-19-14/h4-5,9-10,18H,2-3,6-8H2,1H3. The average molecular weight is 258 g/mol. The van der Waals surface area contributed by atoms with Gasteiger partial charge in [0.05, 0.1) is 18.9 Å². The third kappa shape index (κ3) is 2.36. The van der Waals surface area contributed by atoms with Crippen LogP contribution in [-0.4, -0.2) is 27.9 Å². The summed E-state index contributed by atoms with van der Waals surface area (Å²) >= 11 is 0. The highest BCUT2D eigenvalue weighted by Crippen LogP contribution is 2.29. The van der Waals surface area contributed by atoms with Crippen molar-refractivity contribution in [1.82, 2.24) is 9.55 Å². The highest BCUT2D eigenvalue weighted by Gasteiger charge is 2.13. The van der Waals surface area contributed by atoms with E-state index in [1.165, 1.54) is 5.56 Å². The average Bonchev–Trinajstić information content (AvgIpc) is 2.80. The summed E-state index contributed by atoms with van der Waals surface area (Å²) in [6.07, 6.45) is 4.74. The van der Waals surface area contributed by atoms with Gasteiger partial charge in [0, 0.05) is 25.2 Å². The highest BCUT2D eigenvalue weighted by molar-refractivity contribution is 5.62. The summed E-state index contributed by atoms with van der Waals surface area (Å²) in [7, 11) is 1.96.